The zero-order chi connectivity index (χ0) is 15.0. The highest BCUT2D eigenvalue weighted by Crippen LogP contribution is 2.43. The van der Waals surface area contributed by atoms with Gasteiger partial charge < -0.3 is 5.11 Å². The van der Waals surface area contributed by atoms with E-state index in [1.807, 2.05) is 6.07 Å². The van der Waals surface area contributed by atoms with Crippen LogP contribution in [0.3, 0.4) is 0 Å². The molecule has 21 heavy (non-hydrogen) atoms. The Bertz CT molecular complexity index is 505. The number of phenols is 1. The molecule has 1 saturated carbocycles. The van der Waals surface area contributed by atoms with E-state index in [0.29, 0.717) is 5.75 Å². The Balaban J connectivity index is 1.87. The normalized spacial score (nSPS) is 32.7. The van der Waals surface area contributed by atoms with Crippen molar-refractivity contribution in [3.05, 3.63) is 28.8 Å². The molecule has 0 amide bonds. The molecule has 2 aliphatic rings. The summed E-state index contributed by atoms with van der Waals surface area (Å²) in [7, 11) is 0. The topological polar surface area (TPSA) is 20.2 Å². The van der Waals surface area contributed by atoms with Crippen molar-refractivity contribution in [3.8, 4) is 5.75 Å². The Kier molecular flexibility index (Phi) is 4.28. The van der Waals surface area contributed by atoms with Crippen LogP contribution < -0.4 is 0 Å². The molecular weight excluding hydrogens is 256 g/mol. The molecule has 0 spiro atoms. The lowest BCUT2D eigenvalue weighted by molar-refractivity contribution is 0.162. The fourth-order valence-electron chi connectivity index (χ4n) is 4.90. The molecule has 1 N–H and O–H groups in total. The summed E-state index contributed by atoms with van der Waals surface area (Å²) >= 11 is 0. The predicted octanol–water partition coefficient (Wildman–Crippen LogP) is 5.27. The van der Waals surface area contributed by atoms with Gasteiger partial charge in [0.2, 0.25) is 0 Å². The van der Waals surface area contributed by atoms with Gasteiger partial charge in [-0.25, -0.2) is 0 Å². The van der Waals surface area contributed by atoms with Gasteiger partial charge in [0, 0.05) is 0 Å². The van der Waals surface area contributed by atoms with Crippen LogP contribution in [-0.2, 0) is 12.8 Å². The smallest absolute Gasteiger partial charge is 0.118 e. The number of aromatic hydroxyl groups is 1. The fourth-order valence-corrected chi connectivity index (χ4v) is 4.90. The molecule has 0 aliphatic heterocycles. The van der Waals surface area contributed by atoms with Crippen LogP contribution in [-0.4, -0.2) is 5.11 Å². The molecule has 3 rings (SSSR count). The number of rotatable bonds is 1. The average Bonchev–Trinajstić information content (AvgIpc) is 2.47. The third-order valence-electron chi connectivity index (χ3n) is 6.45. The van der Waals surface area contributed by atoms with Gasteiger partial charge in [-0.05, 0) is 79.0 Å². The summed E-state index contributed by atoms with van der Waals surface area (Å²) in [4.78, 5) is 0. The summed E-state index contributed by atoms with van der Waals surface area (Å²) in [6.45, 7) is 6.93. The van der Waals surface area contributed by atoms with Crippen molar-refractivity contribution in [2.45, 2.75) is 65.7 Å². The van der Waals surface area contributed by atoms with Gasteiger partial charge >= 0.3 is 0 Å². The monoisotopic (exact) mass is 286 g/mol. The van der Waals surface area contributed by atoms with E-state index in [0.717, 1.165) is 29.2 Å². The second kappa shape index (κ2) is 6.02. The lowest BCUT2D eigenvalue weighted by atomic mass is 9.66. The summed E-state index contributed by atoms with van der Waals surface area (Å²) < 4.78 is 0. The summed E-state index contributed by atoms with van der Waals surface area (Å²) in [6, 6.07) is 4.08. The molecular formula is C20H30O. The van der Waals surface area contributed by atoms with Crippen LogP contribution in [0.5, 0.6) is 5.75 Å². The molecule has 0 aromatic heterocycles. The maximum absolute atomic E-state index is 9.99. The summed E-state index contributed by atoms with van der Waals surface area (Å²) in [5.74, 6) is 4.02. The summed E-state index contributed by atoms with van der Waals surface area (Å²) in [5, 5.41) is 9.99. The Hall–Kier alpha value is -0.980. The SMILES string of the molecule is CCC1CC2Cc3ccc(O)c(C)c3C[C@H]2CCCC1C. The van der Waals surface area contributed by atoms with Gasteiger partial charge in [-0.15, -0.1) is 0 Å². The zero-order valence-electron chi connectivity index (χ0n) is 13.9. The maximum Gasteiger partial charge on any atom is 0.118 e. The summed E-state index contributed by atoms with van der Waals surface area (Å²) in [5.41, 5.74) is 4.10. The lowest BCUT2D eigenvalue weighted by Gasteiger charge is -2.39. The third kappa shape index (κ3) is 2.84. The molecule has 116 valence electrons. The van der Waals surface area contributed by atoms with E-state index in [-0.39, 0.29) is 0 Å². The van der Waals surface area contributed by atoms with Crippen molar-refractivity contribution >= 4 is 0 Å². The molecule has 3 unspecified atom stereocenters. The first kappa shape index (κ1) is 14.9. The highest BCUT2D eigenvalue weighted by atomic mass is 16.3. The van der Waals surface area contributed by atoms with Crippen LogP contribution in [0.2, 0.25) is 0 Å². The first-order valence-corrected chi connectivity index (χ1v) is 8.90. The largest absolute Gasteiger partial charge is 0.508 e. The van der Waals surface area contributed by atoms with Gasteiger partial charge in [0.05, 0.1) is 0 Å². The standard InChI is InChI=1S/C20H30O/c1-4-15-10-18-11-17-8-9-20(21)14(3)19(17)12-16(18)7-5-6-13(15)2/h8-9,13,15-16,18,21H,4-7,10-12H2,1-3H3/t13?,15?,16-,18?/m1/s1. The second-order valence-corrected chi connectivity index (χ2v) is 7.59. The molecule has 1 nitrogen and oxygen atoms in total. The van der Waals surface area contributed by atoms with Crippen molar-refractivity contribution in [1.82, 2.24) is 0 Å². The van der Waals surface area contributed by atoms with Crippen LogP contribution in [0.15, 0.2) is 12.1 Å². The Morgan fingerprint density at radius 3 is 2.71 bits per heavy atom. The zero-order valence-corrected chi connectivity index (χ0v) is 13.9. The van der Waals surface area contributed by atoms with Gasteiger partial charge in [0.15, 0.2) is 0 Å². The van der Waals surface area contributed by atoms with Crippen LogP contribution >= 0.6 is 0 Å². The number of fused-ring (bicyclic) bond motifs is 2. The minimum Gasteiger partial charge on any atom is -0.508 e. The average molecular weight is 286 g/mol. The van der Waals surface area contributed by atoms with Crippen molar-refractivity contribution in [1.29, 1.82) is 0 Å². The first-order valence-electron chi connectivity index (χ1n) is 8.90. The Morgan fingerprint density at radius 2 is 1.95 bits per heavy atom. The molecule has 4 atom stereocenters. The van der Waals surface area contributed by atoms with E-state index in [9.17, 15) is 5.11 Å². The van der Waals surface area contributed by atoms with Gasteiger partial charge in [0.25, 0.3) is 0 Å². The van der Waals surface area contributed by atoms with E-state index in [4.69, 9.17) is 0 Å². The van der Waals surface area contributed by atoms with E-state index in [2.05, 4.69) is 26.8 Å². The quantitative estimate of drug-likeness (QED) is 0.746. The van der Waals surface area contributed by atoms with Crippen molar-refractivity contribution < 1.29 is 5.11 Å². The Labute approximate surface area is 129 Å². The number of hydrogen-bond acceptors (Lipinski definition) is 1. The van der Waals surface area contributed by atoms with Crippen molar-refractivity contribution in [3.63, 3.8) is 0 Å². The van der Waals surface area contributed by atoms with E-state index in [1.54, 1.807) is 0 Å². The van der Waals surface area contributed by atoms with Crippen LogP contribution in [0.1, 0.15) is 62.6 Å². The van der Waals surface area contributed by atoms with Gasteiger partial charge in [-0.2, -0.15) is 0 Å². The predicted molar refractivity (Wildman–Crippen MR) is 88.6 cm³/mol. The third-order valence-corrected chi connectivity index (χ3v) is 6.45. The van der Waals surface area contributed by atoms with E-state index >= 15 is 0 Å². The minimum absolute atomic E-state index is 0.484. The minimum atomic E-state index is 0.484. The van der Waals surface area contributed by atoms with Crippen molar-refractivity contribution in [2.24, 2.45) is 23.7 Å². The van der Waals surface area contributed by atoms with Crippen LogP contribution in [0.4, 0.5) is 0 Å². The number of hydrogen-bond donors (Lipinski definition) is 1. The fraction of sp³-hybridized carbons (Fsp3) is 0.700. The molecule has 2 aliphatic carbocycles. The highest BCUT2D eigenvalue weighted by Gasteiger charge is 2.33. The van der Waals surface area contributed by atoms with Crippen molar-refractivity contribution in [2.75, 3.05) is 0 Å². The van der Waals surface area contributed by atoms with Crippen LogP contribution in [0, 0.1) is 30.6 Å². The first-order chi connectivity index (χ1) is 10.1. The highest BCUT2D eigenvalue weighted by molar-refractivity contribution is 5.45. The second-order valence-electron chi connectivity index (χ2n) is 7.59. The van der Waals surface area contributed by atoms with Gasteiger partial charge in [0.1, 0.15) is 5.75 Å². The maximum atomic E-state index is 9.99. The summed E-state index contributed by atoms with van der Waals surface area (Å²) in [6.07, 6.45) is 9.39. The molecule has 1 fully saturated rings. The van der Waals surface area contributed by atoms with E-state index < -0.39 is 0 Å². The van der Waals surface area contributed by atoms with Gasteiger partial charge in [-0.3, -0.25) is 0 Å². The lowest BCUT2D eigenvalue weighted by Crippen LogP contribution is -2.31. The van der Waals surface area contributed by atoms with E-state index in [1.165, 1.54) is 56.1 Å². The Morgan fingerprint density at radius 1 is 1.14 bits per heavy atom. The molecule has 0 bridgehead atoms. The molecule has 0 heterocycles. The molecule has 0 radical (unpaired) electrons. The molecule has 0 saturated heterocycles. The molecule has 1 heteroatoms. The molecule has 1 aromatic carbocycles. The van der Waals surface area contributed by atoms with Crippen LogP contribution in [0.25, 0.3) is 0 Å². The number of benzene rings is 1. The van der Waals surface area contributed by atoms with Gasteiger partial charge in [-0.1, -0.05) is 39.2 Å². The number of phenolic OH excluding ortho intramolecular Hbond substituents is 1. The molecule has 1 aromatic rings.